The molecule has 0 spiro atoms. The molecule has 0 saturated carbocycles. The molecule has 0 atom stereocenters. The predicted octanol–water partition coefficient (Wildman–Crippen LogP) is -0.363. The molecular weight excluding hydrogens is 290 g/mol. The number of nitrogens with one attached hydrogen (secondary N) is 1. The van der Waals surface area contributed by atoms with Gasteiger partial charge in [-0.15, -0.1) is 0 Å². The van der Waals surface area contributed by atoms with Crippen molar-refractivity contribution < 1.29 is 16.8 Å². The van der Waals surface area contributed by atoms with Gasteiger partial charge in [-0.25, -0.2) is 26.3 Å². The van der Waals surface area contributed by atoms with Gasteiger partial charge >= 0.3 is 0 Å². The maximum absolute atomic E-state index is 12.1. The number of sulfonamides is 2. The van der Waals surface area contributed by atoms with E-state index >= 15 is 0 Å². The molecule has 0 fully saturated rings. The molecular formula is C10H17N3O4S2. The van der Waals surface area contributed by atoms with Gasteiger partial charge < -0.3 is 5.32 Å². The number of primary sulfonamides is 1. The molecule has 0 aliphatic carbocycles. The number of hydrogen-bond acceptors (Lipinski definition) is 5. The largest absolute Gasteiger partial charge is 0.383 e. The molecule has 19 heavy (non-hydrogen) atoms. The molecule has 3 N–H and O–H groups in total. The van der Waals surface area contributed by atoms with Crippen molar-refractivity contribution in [1.29, 1.82) is 0 Å². The first-order chi connectivity index (χ1) is 8.64. The average Bonchev–Trinajstić information content (AvgIpc) is 2.27. The fourth-order valence-electron chi connectivity index (χ4n) is 1.36. The SMILES string of the molecule is CN(C)S(=O)(=O)c1ccccc1NCCS(N)(=O)=O. The molecule has 0 amide bonds. The standard InChI is InChI=1S/C10H17N3O4S2/c1-13(2)19(16,17)10-6-4-3-5-9(10)12-7-8-18(11,14)15/h3-6,12H,7-8H2,1-2H3,(H2,11,14,15). The van der Waals surface area contributed by atoms with Gasteiger partial charge in [0.15, 0.2) is 0 Å². The number of hydrogen-bond donors (Lipinski definition) is 2. The summed E-state index contributed by atoms with van der Waals surface area (Å²) < 4.78 is 46.8. The average molecular weight is 307 g/mol. The Labute approximate surface area is 113 Å². The highest BCUT2D eigenvalue weighted by atomic mass is 32.2. The van der Waals surface area contributed by atoms with E-state index in [-0.39, 0.29) is 17.2 Å². The third-order valence-electron chi connectivity index (χ3n) is 2.35. The monoisotopic (exact) mass is 307 g/mol. The van der Waals surface area contributed by atoms with Gasteiger partial charge in [0.25, 0.3) is 0 Å². The first-order valence-electron chi connectivity index (χ1n) is 5.40. The molecule has 108 valence electrons. The van der Waals surface area contributed by atoms with Crippen molar-refractivity contribution in [1.82, 2.24) is 4.31 Å². The van der Waals surface area contributed by atoms with E-state index < -0.39 is 20.0 Å². The lowest BCUT2D eigenvalue weighted by Crippen LogP contribution is -2.25. The van der Waals surface area contributed by atoms with Crippen molar-refractivity contribution in [2.75, 3.05) is 31.7 Å². The van der Waals surface area contributed by atoms with E-state index in [1.54, 1.807) is 18.2 Å². The minimum Gasteiger partial charge on any atom is -0.383 e. The van der Waals surface area contributed by atoms with E-state index in [0.29, 0.717) is 5.69 Å². The summed E-state index contributed by atoms with van der Waals surface area (Å²) in [5, 5.41) is 7.64. The van der Waals surface area contributed by atoms with Crippen molar-refractivity contribution in [3.8, 4) is 0 Å². The predicted molar refractivity (Wildman–Crippen MR) is 73.8 cm³/mol. The summed E-state index contributed by atoms with van der Waals surface area (Å²) in [6.07, 6.45) is 0. The van der Waals surface area contributed by atoms with E-state index in [4.69, 9.17) is 5.14 Å². The normalized spacial score (nSPS) is 12.6. The van der Waals surface area contributed by atoms with Gasteiger partial charge in [-0.1, -0.05) is 12.1 Å². The van der Waals surface area contributed by atoms with Crippen molar-refractivity contribution in [2.45, 2.75) is 4.90 Å². The molecule has 0 heterocycles. The van der Waals surface area contributed by atoms with E-state index in [9.17, 15) is 16.8 Å². The Hall–Kier alpha value is -1.16. The third-order valence-corrected chi connectivity index (χ3v) is 4.99. The van der Waals surface area contributed by atoms with Crippen molar-refractivity contribution >= 4 is 25.7 Å². The topological polar surface area (TPSA) is 110 Å². The smallest absolute Gasteiger partial charge is 0.244 e. The van der Waals surface area contributed by atoms with Crippen LogP contribution in [0.2, 0.25) is 0 Å². The zero-order valence-corrected chi connectivity index (χ0v) is 12.3. The molecule has 0 aliphatic rings. The second kappa shape index (κ2) is 5.87. The number of rotatable bonds is 6. The van der Waals surface area contributed by atoms with Crippen LogP contribution in [0.5, 0.6) is 0 Å². The first kappa shape index (κ1) is 15.9. The zero-order valence-electron chi connectivity index (χ0n) is 10.7. The Kier molecular flexibility index (Phi) is 4.91. The van der Waals surface area contributed by atoms with Crippen molar-refractivity contribution in [3.05, 3.63) is 24.3 Å². The van der Waals surface area contributed by atoms with Gasteiger partial charge in [0.1, 0.15) is 4.90 Å². The molecule has 1 aromatic rings. The van der Waals surface area contributed by atoms with Gasteiger partial charge in [-0.05, 0) is 12.1 Å². The molecule has 9 heteroatoms. The molecule has 0 aromatic heterocycles. The summed E-state index contributed by atoms with van der Waals surface area (Å²) in [5.74, 6) is -0.274. The van der Waals surface area contributed by atoms with Gasteiger partial charge in [0.2, 0.25) is 20.0 Å². The van der Waals surface area contributed by atoms with Crippen LogP contribution in [0.15, 0.2) is 29.2 Å². The minimum absolute atomic E-state index is 0.0405. The maximum Gasteiger partial charge on any atom is 0.244 e. The van der Waals surface area contributed by atoms with Crippen molar-refractivity contribution in [3.63, 3.8) is 0 Å². The van der Waals surface area contributed by atoms with Crippen LogP contribution in [0.1, 0.15) is 0 Å². The van der Waals surface area contributed by atoms with Crippen LogP contribution >= 0.6 is 0 Å². The van der Waals surface area contributed by atoms with Crippen LogP contribution in [0, 0.1) is 0 Å². The first-order valence-corrected chi connectivity index (χ1v) is 8.56. The molecule has 0 unspecified atom stereocenters. The number of benzene rings is 1. The third kappa shape index (κ3) is 4.46. The Morgan fingerprint density at radius 2 is 1.74 bits per heavy atom. The quantitative estimate of drug-likeness (QED) is 0.745. The summed E-state index contributed by atoms with van der Waals surface area (Å²) in [5.41, 5.74) is 0.347. The van der Waals surface area contributed by atoms with E-state index in [2.05, 4.69) is 5.32 Å². The van der Waals surface area contributed by atoms with Crippen LogP contribution in [0.25, 0.3) is 0 Å². The number of anilines is 1. The molecule has 0 bridgehead atoms. The maximum atomic E-state index is 12.1. The Balaban J connectivity index is 2.98. The molecule has 0 aliphatic heterocycles. The van der Waals surface area contributed by atoms with Crippen LogP contribution in [0.4, 0.5) is 5.69 Å². The molecule has 0 radical (unpaired) electrons. The molecule has 1 rings (SSSR count). The number of para-hydroxylation sites is 1. The second-order valence-electron chi connectivity index (χ2n) is 4.08. The van der Waals surface area contributed by atoms with Gasteiger partial charge in [-0.2, -0.15) is 0 Å². The van der Waals surface area contributed by atoms with Crippen LogP contribution in [-0.2, 0) is 20.0 Å². The Bertz CT molecular complexity index is 638. The lowest BCUT2D eigenvalue weighted by molar-refractivity contribution is 0.521. The Morgan fingerprint density at radius 3 is 2.26 bits per heavy atom. The summed E-state index contributed by atoms with van der Waals surface area (Å²) in [7, 11) is -4.31. The van der Waals surface area contributed by atoms with E-state index in [1.807, 2.05) is 0 Å². The van der Waals surface area contributed by atoms with Crippen LogP contribution < -0.4 is 10.5 Å². The van der Waals surface area contributed by atoms with Crippen LogP contribution in [0.3, 0.4) is 0 Å². The zero-order chi connectivity index (χ0) is 14.7. The fourth-order valence-corrected chi connectivity index (χ4v) is 2.81. The highest BCUT2D eigenvalue weighted by Gasteiger charge is 2.20. The summed E-state index contributed by atoms with van der Waals surface area (Å²) in [4.78, 5) is 0.0921. The second-order valence-corrected chi connectivity index (χ2v) is 7.93. The summed E-state index contributed by atoms with van der Waals surface area (Å²) in [6, 6.07) is 6.28. The van der Waals surface area contributed by atoms with Crippen molar-refractivity contribution in [2.24, 2.45) is 5.14 Å². The summed E-state index contributed by atoms with van der Waals surface area (Å²) in [6.45, 7) is 0.0405. The molecule has 0 saturated heterocycles. The fraction of sp³-hybridized carbons (Fsp3) is 0.400. The van der Waals surface area contributed by atoms with Gasteiger partial charge in [0.05, 0.1) is 11.4 Å². The highest BCUT2D eigenvalue weighted by Crippen LogP contribution is 2.22. The van der Waals surface area contributed by atoms with Crippen LogP contribution in [-0.4, -0.2) is 47.5 Å². The number of nitrogens with two attached hydrogens (primary N) is 1. The van der Waals surface area contributed by atoms with Gasteiger partial charge in [-0.3, -0.25) is 0 Å². The minimum atomic E-state index is -3.58. The van der Waals surface area contributed by atoms with E-state index in [1.165, 1.54) is 20.2 Å². The molecule has 1 aromatic carbocycles. The highest BCUT2D eigenvalue weighted by molar-refractivity contribution is 7.89. The number of nitrogens with zero attached hydrogens (tertiary/aromatic N) is 1. The van der Waals surface area contributed by atoms with E-state index in [0.717, 1.165) is 4.31 Å². The molecule has 7 nitrogen and oxygen atoms in total. The summed E-state index contributed by atoms with van der Waals surface area (Å²) >= 11 is 0. The lowest BCUT2D eigenvalue weighted by atomic mass is 10.3. The van der Waals surface area contributed by atoms with Gasteiger partial charge in [0, 0.05) is 20.6 Å². The Morgan fingerprint density at radius 1 is 1.16 bits per heavy atom. The lowest BCUT2D eigenvalue weighted by Gasteiger charge is -2.15.